The molecule has 1 N–H and O–H groups in total. The molecule has 0 aliphatic heterocycles. The van der Waals surface area contributed by atoms with E-state index in [1.54, 1.807) is 19.2 Å². The van der Waals surface area contributed by atoms with Crippen LogP contribution in [0.5, 0.6) is 17.4 Å². The van der Waals surface area contributed by atoms with Crippen LogP contribution in [0.25, 0.3) is 11.0 Å². The van der Waals surface area contributed by atoms with Crippen LogP contribution in [0.4, 0.5) is 11.4 Å². The van der Waals surface area contributed by atoms with Crippen molar-refractivity contribution >= 4 is 53.2 Å². The zero-order valence-corrected chi connectivity index (χ0v) is 21.1. The Balaban J connectivity index is 0.00000216. The van der Waals surface area contributed by atoms with Crippen LogP contribution in [0.15, 0.2) is 60.9 Å². The molecule has 35 heavy (non-hydrogen) atoms. The number of fused-ring (bicyclic) bond motifs is 1. The van der Waals surface area contributed by atoms with Gasteiger partial charge >= 0.3 is 5.97 Å². The van der Waals surface area contributed by atoms with Crippen LogP contribution in [0.3, 0.4) is 0 Å². The van der Waals surface area contributed by atoms with E-state index in [0.717, 1.165) is 11.4 Å². The number of pyridine rings is 3. The number of nitrogens with zero attached hydrogens (tertiary/aromatic N) is 3. The van der Waals surface area contributed by atoms with E-state index >= 15 is 0 Å². The van der Waals surface area contributed by atoms with Gasteiger partial charge in [-0.15, -0.1) is 24.8 Å². The normalized spacial score (nSPS) is 10.0. The summed E-state index contributed by atoms with van der Waals surface area (Å²) in [5.74, 6) is 1.31. The third-order valence-corrected chi connectivity index (χ3v) is 4.78. The van der Waals surface area contributed by atoms with E-state index in [1.165, 1.54) is 6.20 Å². The number of anilines is 2. The lowest BCUT2D eigenvalue weighted by Crippen LogP contribution is -2.10. The molecule has 0 fully saturated rings. The van der Waals surface area contributed by atoms with E-state index < -0.39 is 5.97 Å². The fourth-order valence-corrected chi connectivity index (χ4v) is 3.27. The highest BCUT2D eigenvalue weighted by atomic mass is 35.5. The zero-order chi connectivity index (χ0) is 23.2. The van der Waals surface area contributed by atoms with Gasteiger partial charge in [0.15, 0.2) is 5.65 Å². The van der Waals surface area contributed by atoms with Crippen LogP contribution in [0, 0.1) is 6.92 Å². The van der Waals surface area contributed by atoms with Crippen LogP contribution in [0.1, 0.15) is 29.9 Å². The maximum Gasteiger partial charge on any atom is 0.341 e. The minimum absolute atomic E-state index is 0. The lowest BCUT2D eigenvalue weighted by molar-refractivity contribution is 0.0527. The number of rotatable bonds is 8. The molecule has 1 aromatic carbocycles. The van der Waals surface area contributed by atoms with E-state index in [-0.39, 0.29) is 31.4 Å². The Bertz CT molecular complexity index is 1270. The number of hydrogen-bond donors (Lipinski definition) is 1. The molecule has 0 amide bonds. The van der Waals surface area contributed by atoms with Crippen LogP contribution in [0.2, 0.25) is 0 Å². The van der Waals surface area contributed by atoms with Crippen LogP contribution >= 0.6 is 24.8 Å². The molecule has 8 nitrogen and oxygen atoms in total. The average Bonchev–Trinajstić information content (AvgIpc) is 2.82. The first-order valence-electron chi connectivity index (χ1n) is 10.6. The Hall–Kier alpha value is -3.62. The molecule has 0 bridgehead atoms. The van der Waals surface area contributed by atoms with Gasteiger partial charge in [-0.2, -0.15) is 0 Å². The Morgan fingerprint density at radius 3 is 2.43 bits per heavy atom. The number of esters is 1. The van der Waals surface area contributed by atoms with Gasteiger partial charge in [0.1, 0.15) is 17.1 Å². The summed E-state index contributed by atoms with van der Waals surface area (Å²) >= 11 is 0. The highest BCUT2D eigenvalue weighted by Crippen LogP contribution is 2.33. The number of carbonyl (C=O) groups excluding carboxylic acids is 1. The van der Waals surface area contributed by atoms with Crippen molar-refractivity contribution in [1.82, 2.24) is 15.0 Å². The molecule has 0 aliphatic rings. The second-order valence-electron chi connectivity index (χ2n) is 7.06. The third-order valence-electron chi connectivity index (χ3n) is 4.78. The SMILES string of the molecule is CCOC(=O)c1cnc2nc(C)c(OCC)cc2c1Nc1ccc(Oc2ccccn2)cc1.Cl.Cl. The number of carbonyl (C=O) groups is 1. The Labute approximate surface area is 215 Å². The monoisotopic (exact) mass is 516 g/mol. The minimum Gasteiger partial charge on any atom is -0.492 e. The summed E-state index contributed by atoms with van der Waals surface area (Å²) in [4.78, 5) is 25.7. The average molecular weight is 517 g/mol. The highest BCUT2D eigenvalue weighted by Gasteiger charge is 2.19. The number of aryl methyl sites for hydroxylation is 1. The number of ether oxygens (including phenoxy) is 3. The van der Waals surface area contributed by atoms with E-state index in [0.29, 0.717) is 46.3 Å². The van der Waals surface area contributed by atoms with Gasteiger partial charge in [-0.3, -0.25) is 0 Å². The van der Waals surface area contributed by atoms with E-state index in [2.05, 4.69) is 20.3 Å². The van der Waals surface area contributed by atoms with Gasteiger partial charge in [-0.25, -0.2) is 19.7 Å². The van der Waals surface area contributed by atoms with Gasteiger partial charge in [-0.1, -0.05) is 6.07 Å². The fourth-order valence-electron chi connectivity index (χ4n) is 3.27. The Morgan fingerprint density at radius 1 is 1.00 bits per heavy atom. The standard InChI is InChI=1S/C25H24N4O4.2ClH/c1-4-31-21-14-19-23(20(25(30)32-5-2)15-27-24(19)28-16(21)3)29-17-9-11-18(12-10-17)33-22-8-6-7-13-26-22;;/h6-15H,4-5H2,1-3H3,(H,27,28,29);2*1H. The molecule has 4 aromatic rings. The fraction of sp³-hybridized carbons (Fsp3) is 0.200. The van der Waals surface area contributed by atoms with Crippen molar-refractivity contribution in [3.8, 4) is 17.4 Å². The van der Waals surface area contributed by atoms with Crippen molar-refractivity contribution in [2.75, 3.05) is 18.5 Å². The predicted octanol–water partition coefficient (Wildman–Crippen LogP) is 6.29. The predicted molar refractivity (Wildman–Crippen MR) is 140 cm³/mol. The quantitative estimate of drug-likeness (QED) is 0.273. The minimum atomic E-state index is -0.469. The molecular formula is C25H26Cl2N4O4. The first kappa shape index (κ1) is 27.6. The summed E-state index contributed by atoms with van der Waals surface area (Å²) in [5.41, 5.74) is 2.83. The van der Waals surface area contributed by atoms with Crippen LogP contribution in [-0.4, -0.2) is 34.1 Å². The van der Waals surface area contributed by atoms with E-state index in [4.69, 9.17) is 14.2 Å². The van der Waals surface area contributed by atoms with Crippen LogP contribution in [-0.2, 0) is 4.74 Å². The number of hydrogen-bond acceptors (Lipinski definition) is 8. The molecule has 0 spiro atoms. The van der Waals surface area contributed by atoms with Crippen molar-refractivity contribution in [1.29, 1.82) is 0 Å². The van der Waals surface area contributed by atoms with Gasteiger partial charge in [0.25, 0.3) is 0 Å². The zero-order valence-electron chi connectivity index (χ0n) is 19.5. The lowest BCUT2D eigenvalue weighted by Gasteiger charge is -2.16. The number of aromatic nitrogens is 3. The summed E-state index contributed by atoms with van der Waals surface area (Å²) in [7, 11) is 0. The Morgan fingerprint density at radius 2 is 1.77 bits per heavy atom. The molecule has 184 valence electrons. The van der Waals surface area contributed by atoms with Crippen molar-refractivity contribution in [3.05, 3.63) is 72.2 Å². The van der Waals surface area contributed by atoms with Gasteiger partial charge in [0.05, 0.1) is 24.6 Å². The first-order valence-corrected chi connectivity index (χ1v) is 10.6. The van der Waals surface area contributed by atoms with E-state index in [1.807, 2.05) is 56.3 Å². The molecule has 0 atom stereocenters. The highest BCUT2D eigenvalue weighted by molar-refractivity contribution is 6.05. The molecular weight excluding hydrogens is 491 g/mol. The van der Waals surface area contributed by atoms with Gasteiger partial charge in [0.2, 0.25) is 5.88 Å². The second kappa shape index (κ2) is 12.7. The van der Waals surface area contributed by atoms with Gasteiger partial charge < -0.3 is 19.5 Å². The molecule has 10 heteroatoms. The van der Waals surface area contributed by atoms with Crippen molar-refractivity contribution < 1.29 is 19.0 Å². The number of halogens is 2. The van der Waals surface area contributed by atoms with Gasteiger partial charge in [-0.05, 0) is 57.2 Å². The van der Waals surface area contributed by atoms with Crippen molar-refractivity contribution in [2.24, 2.45) is 0 Å². The summed E-state index contributed by atoms with van der Waals surface area (Å²) in [6.45, 7) is 6.28. The smallest absolute Gasteiger partial charge is 0.341 e. The summed E-state index contributed by atoms with van der Waals surface area (Å²) in [6, 6.07) is 14.7. The topological polar surface area (TPSA) is 95.5 Å². The lowest BCUT2D eigenvalue weighted by atomic mass is 10.1. The second-order valence-corrected chi connectivity index (χ2v) is 7.06. The molecule has 0 unspecified atom stereocenters. The summed E-state index contributed by atoms with van der Waals surface area (Å²) in [6.07, 6.45) is 3.15. The first-order chi connectivity index (χ1) is 16.1. The Kier molecular flexibility index (Phi) is 10.1. The third kappa shape index (κ3) is 6.49. The van der Waals surface area contributed by atoms with Gasteiger partial charge in [0, 0.05) is 29.5 Å². The number of nitrogens with one attached hydrogen (secondary N) is 1. The molecule has 3 heterocycles. The summed E-state index contributed by atoms with van der Waals surface area (Å²) < 4.78 is 16.7. The van der Waals surface area contributed by atoms with Crippen LogP contribution < -0.4 is 14.8 Å². The maximum absolute atomic E-state index is 12.7. The maximum atomic E-state index is 12.7. The van der Waals surface area contributed by atoms with Crippen molar-refractivity contribution in [3.63, 3.8) is 0 Å². The molecule has 0 saturated carbocycles. The molecule has 0 saturated heterocycles. The van der Waals surface area contributed by atoms with E-state index in [9.17, 15) is 4.79 Å². The van der Waals surface area contributed by atoms with Crippen molar-refractivity contribution in [2.45, 2.75) is 20.8 Å². The largest absolute Gasteiger partial charge is 0.492 e. The molecule has 0 aliphatic carbocycles. The number of benzene rings is 1. The molecule has 0 radical (unpaired) electrons. The molecule has 4 rings (SSSR count). The summed E-state index contributed by atoms with van der Waals surface area (Å²) in [5, 5.41) is 3.98. The molecule has 3 aromatic heterocycles.